The van der Waals surface area contributed by atoms with Crippen LogP contribution in [0.25, 0.3) is 11.4 Å². The van der Waals surface area contributed by atoms with Gasteiger partial charge in [-0.05, 0) is 50.5 Å². The molecule has 0 radical (unpaired) electrons. The highest BCUT2D eigenvalue weighted by atomic mass is 16.3. The van der Waals surface area contributed by atoms with Crippen molar-refractivity contribution in [3.05, 3.63) is 41.2 Å². The van der Waals surface area contributed by atoms with Crippen molar-refractivity contribution < 1.29 is 9.90 Å². The number of phenolic OH excluding ortho intramolecular Hbond substituents is 1. The summed E-state index contributed by atoms with van der Waals surface area (Å²) in [4.78, 5) is 25.5. The molecule has 1 N–H and O–H groups in total. The summed E-state index contributed by atoms with van der Waals surface area (Å²) in [5.74, 6) is 1.33. The monoisotopic (exact) mass is 435 g/mol. The molecule has 1 saturated carbocycles. The summed E-state index contributed by atoms with van der Waals surface area (Å²) in [6.07, 6.45) is 12.2. The molecule has 1 fully saturated rings. The number of nitrogens with zero attached hydrogens (tertiary/aromatic N) is 3. The van der Waals surface area contributed by atoms with Crippen LogP contribution in [-0.2, 0) is 6.54 Å². The number of aromatic hydroxyl groups is 1. The van der Waals surface area contributed by atoms with E-state index in [0.29, 0.717) is 30.0 Å². The van der Waals surface area contributed by atoms with Gasteiger partial charge in [-0.2, -0.15) is 0 Å². The van der Waals surface area contributed by atoms with Crippen LogP contribution in [0.15, 0.2) is 24.3 Å². The molecule has 0 saturated heterocycles. The van der Waals surface area contributed by atoms with Crippen LogP contribution in [-0.4, -0.2) is 38.3 Å². The van der Waals surface area contributed by atoms with Gasteiger partial charge in [0.05, 0.1) is 12.2 Å². The molecule has 1 aliphatic carbocycles. The average molecular weight is 436 g/mol. The molecule has 1 unspecified atom stereocenters. The van der Waals surface area contributed by atoms with Crippen LogP contribution in [0.1, 0.15) is 106 Å². The summed E-state index contributed by atoms with van der Waals surface area (Å²) in [7, 11) is 0. The molecular formula is C27H37N3O2. The van der Waals surface area contributed by atoms with E-state index in [1.54, 1.807) is 12.1 Å². The Morgan fingerprint density at radius 3 is 2.31 bits per heavy atom. The normalized spacial score (nSPS) is 19.6. The molecule has 2 aromatic rings. The van der Waals surface area contributed by atoms with Crippen molar-refractivity contribution in [1.82, 2.24) is 14.9 Å². The van der Waals surface area contributed by atoms with Crippen molar-refractivity contribution in [2.24, 2.45) is 0 Å². The third kappa shape index (κ3) is 5.20. The predicted octanol–water partition coefficient (Wildman–Crippen LogP) is 6.25. The van der Waals surface area contributed by atoms with E-state index < -0.39 is 0 Å². The molecule has 2 aliphatic rings. The van der Waals surface area contributed by atoms with Gasteiger partial charge in [0.15, 0.2) is 11.6 Å². The lowest BCUT2D eigenvalue weighted by atomic mass is 9.87. The van der Waals surface area contributed by atoms with Crippen molar-refractivity contribution in [2.45, 2.75) is 96.6 Å². The maximum atomic E-state index is 13.3. The number of Topliss-reactive ketones (excluding diaryl/α,β-unsaturated/α-hetero) is 1. The van der Waals surface area contributed by atoms with E-state index in [0.717, 1.165) is 49.0 Å². The van der Waals surface area contributed by atoms with Gasteiger partial charge in [0.1, 0.15) is 11.4 Å². The molecule has 32 heavy (non-hydrogen) atoms. The minimum Gasteiger partial charge on any atom is -0.508 e. The lowest BCUT2D eigenvalue weighted by molar-refractivity contribution is 0.0841. The van der Waals surface area contributed by atoms with Crippen molar-refractivity contribution in [3.63, 3.8) is 0 Å². The summed E-state index contributed by atoms with van der Waals surface area (Å²) in [5, 5.41) is 9.71. The zero-order chi connectivity index (χ0) is 22.5. The molecule has 0 spiro atoms. The molecule has 1 aromatic heterocycles. The SMILES string of the molecule is CCCC(C)N1CC(=O)c2nc(-c3ccc(O)cc3)nc(C3CCCCCCCC3)c2C1. The van der Waals surface area contributed by atoms with Crippen molar-refractivity contribution in [1.29, 1.82) is 0 Å². The van der Waals surface area contributed by atoms with Gasteiger partial charge in [0, 0.05) is 29.6 Å². The van der Waals surface area contributed by atoms with Crippen molar-refractivity contribution >= 4 is 5.78 Å². The summed E-state index contributed by atoms with van der Waals surface area (Å²) in [6, 6.07) is 7.38. The minimum absolute atomic E-state index is 0.112. The third-order valence-electron chi connectivity index (χ3n) is 7.21. The van der Waals surface area contributed by atoms with Crippen LogP contribution >= 0.6 is 0 Å². The van der Waals surface area contributed by atoms with Gasteiger partial charge < -0.3 is 5.11 Å². The molecule has 1 aromatic carbocycles. The Bertz CT molecular complexity index is 915. The smallest absolute Gasteiger partial charge is 0.195 e. The van der Waals surface area contributed by atoms with Crippen molar-refractivity contribution in [2.75, 3.05) is 6.54 Å². The average Bonchev–Trinajstić information content (AvgIpc) is 2.93. The molecule has 5 nitrogen and oxygen atoms in total. The fraction of sp³-hybridized carbons (Fsp3) is 0.593. The number of carbonyl (C=O) groups is 1. The van der Waals surface area contributed by atoms with Crippen LogP contribution in [0.4, 0.5) is 0 Å². The molecule has 172 valence electrons. The topological polar surface area (TPSA) is 66.3 Å². The Morgan fingerprint density at radius 1 is 1.00 bits per heavy atom. The fourth-order valence-corrected chi connectivity index (χ4v) is 5.30. The van der Waals surface area contributed by atoms with Gasteiger partial charge >= 0.3 is 0 Å². The summed E-state index contributed by atoms with van der Waals surface area (Å²) in [6.45, 7) is 5.63. The van der Waals surface area contributed by atoms with Gasteiger partial charge in [-0.15, -0.1) is 0 Å². The maximum absolute atomic E-state index is 13.3. The van der Waals surface area contributed by atoms with E-state index >= 15 is 0 Å². The largest absolute Gasteiger partial charge is 0.508 e. The molecule has 1 atom stereocenters. The Labute approximate surface area is 192 Å². The highest BCUT2D eigenvalue weighted by Gasteiger charge is 2.32. The van der Waals surface area contributed by atoms with Gasteiger partial charge in [0.25, 0.3) is 0 Å². The van der Waals surface area contributed by atoms with E-state index in [2.05, 4.69) is 18.7 Å². The van der Waals surface area contributed by atoms with Crippen LogP contribution in [0.3, 0.4) is 0 Å². The molecule has 0 bridgehead atoms. The zero-order valence-electron chi connectivity index (χ0n) is 19.6. The van der Waals surface area contributed by atoms with Gasteiger partial charge in [-0.1, -0.05) is 51.9 Å². The van der Waals surface area contributed by atoms with Gasteiger partial charge in [-0.25, -0.2) is 9.97 Å². The standard InChI is InChI=1S/C27H37N3O2/c1-3-10-19(2)30-17-23-25(20-11-8-6-4-5-7-9-12-20)28-27(29-26(23)24(32)18-30)21-13-15-22(31)16-14-21/h13-16,19-20,31H,3-12,17-18H2,1-2H3. The van der Waals surface area contributed by atoms with E-state index in [-0.39, 0.29) is 11.5 Å². The number of aromatic nitrogens is 2. The minimum atomic E-state index is 0.112. The highest BCUT2D eigenvalue weighted by Crippen LogP contribution is 2.36. The summed E-state index contributed by atoms with van der Waals surface area (Å²) in [5.41, 5.74) is 3.64. The van der Waals surface area contributed by atoms with Crippen LogP contribution in [0.5, 0.6) is 5.75 Å². The Balaban J connectivity index is 1.77. The summed E-state index contributed by atoms with van der Waals surface area (Å²) >= 11 is 0. The van der Waals surface area contributed by atoms with Gasteiger partial charge in [0.2, 0.25) is 0 Å². The van der Waals surface area contributed by atoms with E-state index in [1.807, 2.05) is 12.1 Å². The maximum Gasteiger partial charge on any atom is 0.195 e. The number of phenols is 1. The number of fused-ring (bicyclic) bond motifs is 1. The molecule has 0 amide bonds. The molecule has 1 aliphatic heterocycles. The second-order valence-electron chi connectivity index (χ2n) is 9.67. The second-order valence-corrected chi connectivity index (χ2v) is 9.67. The second kappa shape index (κ2) is 10.6. The number of rotatable bonds is 5. The number of benzene rings is 1. The fourth-order valence-electron chi connectivity index (χ4n) is 5.30. The Morgan fingerprint density at radius 2 is 1.66 bits per heavy atom. The first-order valence-electron chi connectivity index (χ1n) is 12.5. The lowest BCUT2D eigenvalue weighted by Crippen LogP contribution is -2.42. The third-order valence-corrected chi connectivity index (χ3v) is 7.21. The van der Waals surface area contributed by atoms with Crippen LogP contribution in [0.2, 0.25) is 0 Å². The van der Waals surface area contributed by atoms with E-state index in [9.17, 15) is 9.90 Å². The lowest BCUT2D eigenvalue weighted by Gasteiger charge is -2.34. The zero-order valence-corrected chi connectivity index (χ0v) is 19.6. The Hall–Kier alpha value is -2.27. The highest BCUT2D eigenvalue weighted by molar-refractivity contribution is 5.98. The first-order chi connectivity index (χ1) is 15.6. The van der Waals surface area contributed by atoms with Crippen LogP contribution in [0, 0.1) is 0 Å². The van der Waals surface area contributed by atoms with Crippen LogP contribution < -0.4 is 0 Å². The number of ketones is 1. The number of hydrogen-bond donors (Lipinski definition) is 1. The predicted molar refractivity (Wildman–Crippen MR) is 128 cm³/mol. The molecular weight excluding hydrogens is 398 g/mol. The quantitative estimate of drug-likeness (QED) is 0.601. The summed E-state index contributed by atoms with van der Waals surface area (Å²) < 4.78 is 0. The van der Waals surface area contributed by atoms with Crippen molar-refractivity contribution in [3.8, 4) is 17.1 Å². The molecule has 2 heterocycles. The first-order valence-corrected chi connectivity index (χ1v) is 12.5. The van der Waals surface area contributed by atoms with E-state index in [4.69, 9.17) is 9.97 Å². The molecule has 4 rings (SSSR count). The molecule has 5 heteroatoms. The number of hydrogen-bond acceptors (Lipinski definition) is 5. The first kappa shape index (κ1) is 22.9. The van der Waals surface area contributed by atoms with Gasteiger partial charge in [-0.3, -0.25) is 9.69 Å². The Kier molecular flexibility index (Phi) is 7.56. The van der Waals surface area contributed by atoms with E-state index in [1.165, 1.54) is 38.5 Å². The number of carbonyl (C=O) groups excluding carboxylic acids is 1.